The molecule has 0 bridgehead atoms. The molecule has 2 aromatic heterocycles. The molecule has 0 aromatic carbocycles. The molecule has 0 saturated carbocycles. The average molecular weight is 243 g/mol. The fourth-order valence-corrected chi connectivity index (χ4v) is 2.49. The molecule has 94 valence electrons. The van der Waals surface area contributed by atoms with Gasteiger partial charge in [-0.2, -0.15) is 0 Å². The number of aromatic nitrogens is 4. The Morgan fingerprint density at radius 2 is 2.22 bits per heavy atom. The Morgan fingerprint density at radius 3 is 2.89 bits per heavy atom. The summed E-state index contributed by atoms with van der Waals surface area (Å²) < 4.78 is 1.92. The molecule has 18 heavy (non-hydrogen) atoms. The Hall–Kier alpha value is -1.75. The van der Waals surface area contributed by atoms with Crippen molar-refractivity contribution in [2.24, 2.45) is 0 Å². The number of nitrogens with zero attached hydrogens (tertiary/aromatic N) is 5. The lowest BCUT2D eigenvalue weighted by Crippen LogP contribution is -2.20. The summed E-state index contributed by atoms with van der Waals surface area (Å²) in [5.74, 6) is 1.83. The lowest BCUT2D eigenvalue weighted by Gasteiger charge is -2.18. The van der Waals surface area contributed by atoms with Crippen LogP contribution in [0.1, 0.15) is 30.4 Å². The van der Waals surface area contributed by atoms with Crippen LogP contribution in [0.5, 0.6) is 0 Å². The van der Waals surface area contributed by atoms with E-state index in [-0.39, 0.29) is 0 Å². The van der Waals surface area contributed by atoms with Crippen LogP contribution in [-0.2, 0) is 0 Å². The number of imidazole rings is 1. The van der Waals surface area contributed by atoms with Crippen LogP contribution in [0.15, 0.2) is 24.8 Å². The van der Waals surface area contributed by atoms with Gasteiger partial charge in [0.25, 0.3) is 0 Å². The molecule has 2 aromatic rings. The van der Waals surface area contributed by atoms with E-state index in [0.717, 1.165) is 30.3 Å². The zero-order chi connectivity index (χ0) is 12.5. The van der Waals surface area contributed by atoms with Crippen molar-refractivity contribution in [3.8, 4) is 5.82 Å². The van der Waals surface area contributed by atoms with Crippen LogP contribution < -0.4 is 0 Å². The molecule has 0 N–H and O–H groups in total. The smallest absolute Gasteiger partial charge is 0.148 e. The average Bonchev–Trinajstić information content (AvgIpc) is 2.98. The molecule has 3 heterocycles. The third-order valence-electron chi connectivity index (χ3n) is 3.45. The molecule has 3 rings (SSSR count). The maximum Gasteiger partial charge on any atom is 0.148 e. The highest BCUT2D eigenvalue weighted by molar-refractivity contribution is 5.25. The molecule has 5 nitrogen and oxygen atoms in total. The second-order valence-corrected chi connectivity index (χ2v) is 4.83. The quantitative estimate of drug-likeness (QED) is 0.806. The van der Waals surface area contributed by atoms with E-state index in [1.807, 2.05) is 23.8 Å². The van der Waals surface area contributed by atoms with E-state index in [9.17, 15) is 0 Å². The summed E-state index contributed by atoms with van der Waals surface area (Å²) in [7, 11) is 2.14. The molecule has 1 atom stereocenters. The van der Waals surface area contributed by atoms with Gasteiger partial charge in [-0.3, -0.25) is 9.47 Å². The van der Waals surface area contributed by atoms with E-state index in [0.29, 0.717) is 6.04 Å². The van der Waals surface area contributed by atoms with E-state index < -0.39 is 0 Å². The fraction of sp³-hybridized carbons (Fsp3) is 0.462. The number of hydrogen-bond acceptors (Lipinski definition) is 4. The lowest BCUT2D eigenvalue weighted by molar-refractivity contribution is 0.305. The Morgan fingerprint density at radius 1 is 1.33 bits per heavy atom. The molecule has 0 aliphatic carbocycles. The molecule has 1 fully saturated rings. The van der Waals surface area contributed by atoms with E-state index >= 15 is 0 Å². The summed E-state index contributed by atoms with van der Waals surface area (Å²) in [6.45, 7) is 3.14. The minimum atomic E-state index is 0.354. The Labute approximate surface area is 107 Å². The molecular weight excluding hydrogens is 226 g/mol. The van der Waals surface area contributed by atoms with E-state index in [1.165, 1.54) is 6.42 Å². The van der Waals surface area contributed by atoms with Crippen LogP contribution in [0, 0.1) is 6.92 Å². The van der Waals surface area contributed by atoms with Crippen LogP contribution in [0.3, 0.4) is 0 Å². The third kappa shape index (κ3) is 2.01. The molecule has 1 aliphatic heterocycles. The van der Waals surface area contributed by atoms with Crippen LogP contribution in [0.2, 0.25) is 0 Å². The van der Waals surface area contributed by atoms with Crippen molar-refractivity contribution < 1.29 is 0 Å². The van der Waals surface area contributed by atoms with E-state index in [1.54, 1.807) is 12.5 Å². The monoisotopic (exact) mass is 243 g/mol. The van der Waals surface area contributed by atoms with Gasteiger partial charge in [-0.25, -0.2) is 15.0 Å². The number of likely N-dealkylation sites (tertiary alicyclic amines) is 1. The first-order chi connectivity index (χ1) is 8.74. The zero-order valence-electron chi connectivity index (χ0n) is 10.7. The van der Waals surface area contributed by atoms with Gasteiger partial charge in [0.15, 0.2) is 0 Å². The van der Waals surface area contributed by atoms with Crippen molar-refractivity contribution in [3.63, 3.8) is 0 Å². The molecule has 1 saturated heterocycles. The molecule has 0 amide bonds. The number of aryl methyl sites for hydroxylation is 1. The van der Waals surface area contributed by atoms with Crippen molar-refractivity contribution in [3.05, 3.63) is 36.3 Å². The first kappa shape index (κ1) is 11.3. The van der Waals surface area contributed by atoms with Gasteiger partial charge in [0.05, 0.1) is 6.04 Å². The maximum absolute atomic E-state index is 4.68. The van der Waals surface area contributed by atoms with Crippen molar-refractivity contribution >= 4 is 0 Å². The molecule has 5 heteroatoms. The van der Waals surface area contributed by atoms with Crippen molar-refractivity contribution in [2.75, 3.05) is 13.6 Å². The molecule has 0 spiro atoms. The molecule has 1 unspecified atom stereocenters. The number of rotatable bonds is 2. The molecular formula is C13H17N5. The highest BCUT2D eigenvalue weighted by Crippen LogP contribution is 2.28. The van der Waals surface area contributed by atoms with Gasteiger partial charge >= 0.3 is 0 Å². The van der Waals surface area contributed by atoms with Crippen LogP contribution in [-0.4, -0.2) is 38.0 Å². The van der Waals surface area contributed by atoms with Crippen molar-refractivity contribution in [1.29, 1.82) is 0 Å². The first-order valence-corrected chi connectivity index (χ1v) is 6.28. The van der Waals surface area contributed by atoms with Crippen molar-refractivity contribution in [2.45, 2.75) is 25.8 Å². The summed E-state index contributed by atoms with van der Waals surface area (Å²) in [4.78, 5) is 15.7. The second kappa shape index (κ2) is 4.49. The summed E-state index contributed by atoms with van der Waals surface area (Å²) >= 11 is 0. The van der Waals surface area contributed by atoms with Crippen LogP contribution >= 0.6 is 0 Å². The molecule has 1 aliphatic rings. The van der Waals surface area contributed by atoms with Gasteiger partial charge in [0.2, 0.25) is 0 Å². The fourth-order valence-electron chi connectivity index (χ4n) is 2.49. The Bertz CT molecular complexity index is 534. The largest absolute Gasteiger partial charge is 0.296 e. The first-order valence-electron chi connectivity index (χ1n) is 6.28. The van der Waals surface area contributed by atoms with Gasteiger partial charge in [-0.05, 0) is 33.4 Å². The van der Waals surface area contributed by atoms with Crippen LogP contribution in [0.25, 0.3) is 5.82 Å². The van der Waals surface area contributed by atoms with Gasteiger partial charge in [0.1, 0.15) is 18.0 Å². The van der Waals surface area contributed by atoms with Crippen molar-refractivity contribution in [1.82, 2.24) is 24.4 Å². The van der Waals surface area contributed by atoms with E-state index in [2.05, 4.69) is 26.9 Å². The highest BCUT2D eigenvalue weighted by atomic mass is 15.2. The highest BCUT2D eigenvalue weighted by Gasteiger charge is 2.25. The van der Waals surface area contributed by atoms with Gasteiger partial charge < -0.3 is 0 Å². The normalized spacial score (nSPS) is 20.4. The Balaban J connectivity index is 2.01. The summed E-state index contributed by atoms with van der Waals surface area (Å²) in [5.41, 5.74) is 1.00. The van der Waals surface area contributed by atoms with Crippen LogP contribution in [0.4, 0.5) is 0 Å². The standard InChI is InChI=1S/C13H17N5/c1-10-8-12(18-7-5-14-9-18)16-13(15-10)11-4-3-6-17(11)2/h5,7-9,11H,3-4,6H2,1-2H3. The van der Waals surface area contributed by atoms with E-state index in [4.69, 9.17) is 0 Å². The summed E-state index contributed by atoms with van der Waals surface area (Å²) in [6.07, 6.45) is 7.80. The Kier molecular flexibility index (Phi) is 2.83. The van der Waals surface area contributed by atoms with Gasteiger partial charge in [0, 0.05) is 24.2 Å². The molecule has 0 radical (unpaired) electrons. The minimum absolute atomic E-state index is 0.354. The van der Waals surface area contributed by atoms with Gasteiger partial charge in [-0.1, -0.05) is 0 Å². The van der Waals surface area contributed by atoms with Gasteiger partial charge in [-0.15, -0.1) is 0 Å². The predicted molar refractivity (Wildman–Crippen MR) is 68.5 cm³/mol. The predicted octanol–water partition coefficient (Wildman–Crippen LogP) is 1.74. The SMILES string of the molecule is Cc1cc(-n2ccnc2)nc(C2CCCN2C)n1. The summed E-state index contributed by atoms with van der Waals surface area (Å²) in [6, 6.07) is 2.34. The minimum Gasteiger partial charge on any atom is -0.296 e. The maximum atomic E-state index is 4.68. The third-order valence-corrected chi connectivity index (χ3v) is 3.45. The second-order valence-electron chi connectivity index (χ2n) is 4.83. The number of hydrogen-bond donors (Lipinski definition) is 0. The topological polar surface area (TPSA) is 46.8 Å². The lowest BCUT2D eigenvalue weighted by atomic mass is 10.2. The summed E-state index contributed by atoms with van der Waals surface area (Å²) in [5, 5.41) is 0. The zero-order valence-corrected chi connectivity index (χ0v) is 10.7.